The summed E-state index contributed by atoms with van der Waals surface area (Å²) in [4.78, 5) is 6.72. The number of aromatic nitrogens is 1. The van der Waals surface area contributed by atoms with Crippen LogP contribution < -0.4 is 5.73 Å². The highest BCUT2D eigenvalue weighted by Gasteiger charge is 2.17. The summed E-state index contributed by atoms with van der Waals surface area (Å²) in [6.45, 7) is 4.82. The van der Waals surface area contributed by atoms with E-state index in [9.17, 15) is 0 Å². The molecule has 6 nitrogen and oxygen atoms in total. The molecule has 1 unspecified atom stereocenters. The van der Waals surface area contributed by atoms with Crippen LogP contribution in [0.15, 0.2) is 22.6 Å². The molecule has 0 spiro atoms. The van der Waals surface area contributed by atoms with E-state index in [0.717, 1.165) is 17.6 Å². The third-order valence-corrected chi connectivity index (χ3v) is 3.41. The summed E-state index contributed by atoms with van der Waals surface area (Å²) in [6.07, 6.45) is 0. The number of rotatable bonds is 8. The number of nitrogen functional groups attached to an aromatic ring is 1. The lowest BCUT2D eigenvalue weighted by Gasteiger charge is -2.26. The minimum Gasteiger partial charge on any atom is -0.439 e. The molecule has 1 atom stereocenters. The molecule has 2 aromatic rings. The Morgan fingerprint density at radius 2 is 2.14 bits per heavy atom. The second-order valence-corrected chi connectivity index (χ2v) is 5.10. The van der Waals surface area contributed by atoms with Crippen LogP contribution in [0.4, 0.5) is 5.69 Å². The van der Waals surface area contributed by atoms with Gasteiger partial charge < -0.3 is 19.6 Å². The molecule has 0 aliphatic carbocycles. The molecule has 2 rings (SSSR count). The van der Waals surface area contributed by atoms with E-state index >= 15 is 0 Å². The van der Waals surface area contributed by atoms with Gasteiger partial charge in [-0.05, 0) is 25.1 Å². The number of methoxy groups -OCH3 is 2. The van der Waals surface area contributed by atoms with E-state index in [-0.39, 0.29) is 6.04 Å². The van der Waals surface area contributed by atoms with Crippen LogP contribution in [0.25, 0.3) is 11.1 Å². The molecular formula is C15H23N3O3. The Kier molecular flexibility index (Phi) is 5.55. The van der Waals surface area contributed by atoms with E-state index < -0.39 is 0 Å². The predicted octanol–water partition coefficient (Wildman–Crippen LogP) is 1.89. The molecule has 0 amide bonds. The first kappa shape index (κ1) is 15.8. The van der Waals surface area contributed by atoms with Crippen molar-refractivity contribution in [2.75, 3.05) is 39.7 Å². The van der Waals surface area contributed by atoms with Crippen LogP contribution in [0.5, 0.6) is 0 Å². The first-order valence-corrected chi connectivity index (χ1v) is 7.01. The molecule has 1 aromatic heterocycles. The summed E-state index contributed by atoms with van der Waals surface area (Å²) >= 11 is 0. The summed E-state index contributed by atoms with van der Waals surface area (Å²) in [5.41, 5.74) is 7.99. The van der Waals surface area contributed by atoms with Gasteiger partial charge in [-0.2, -0.15) is 0 Å². The molecule has 0 saturated heterocycles. The Balaban J connectivity index is 2.12. The lowest BCUT2D eigenvalue weighted by molar-refractivity contribution is 0.0656. The molecule has 116 valence electrons. The van der Waals surface area contributed by atoms with Gasteiger partial charge in [-0.1, -0.05) is 0 Å². The van der Waals surface area contributed by atoms with Crippen molar-refractivity contribution in [2.45, 2.75) is 19.5 Å². The Morgan fingerprint density at radius 3 is 2.86 bits per heavy atom. The number of anilines is 1. The van der Waals surface area contributed by atoms with Crippen LogP contribution in [-0.2, 0) is 16.0 Å². The quantitative estimate of drug-likeness (QED) is 0.749. The average Bonchev–Trinajstić information content (AvgIpc) is 2.85. The van der Waals surface area contributed by atoms with Gasteiger partial charge in [0.15, 0.2) is 5.58 Å². The van der Waals surface area contributed by atoms with Crippen LogP contribution in [-0.4, -0.2) is 49.9 Å². The number of fused-ring (bicyclic) bond motifs is 1. The van der Waals surface area contributed by atoms with Gasteiger partial charge >= 0.3 is 0 Å². The number of nitrogens with zero attached hydrogens (tertiary/aromatic N) is 2. The van der Waals surface area contributed by atoms with Crippen molar-refractivity contribution in [2.24, 2.45) is 0 Å². The van der Waals surface area contributed by atoms with Crippen LogP contribution in [0.3, 0.4) is 0 Å². The van der Waals surface area contributed by atoms with E-state index in [1.54, 1.807) is 14.2 Å². The minimum absolute atomic E-state index is 0.255. The maximum atomic E-state index is 5.77. The Morgan fingerprint density at radius 1 is 1.33 bits per heavy atom. The summed E-state index contributed by atoms with van der Waals surface area (Å²) < 4.78 is 16.2. The molecule has 2 N–H and O–H groups in total. The van der Waals surface area contributed by atoms with E-state index in [1.807, 2.05) is 18.2 Å². The van der Waals surface area contributed by atoms with Crippen LogP contribution >= 0.6 is 0 Å². The van der Waals surface area contributed by atoms with E-state index in [0.29, 0.717) is 31.3 Å². The fourth-order valence-electron chi connectivity index (χ4n) is 2.24. The van der Waals surface area contributed by atoms with Crippen molar-refractivity contribution in [3.63, 3.8) is 0 Å². The Hall–Kier alpha value is -1.63. The van der Waals surface area contributed by atoms with Gasteiger partial charge in [0.1, 0.15) is 5.52 Å². The lowest BCUT2D eigenvalue weighted by Crippen LogP contribution is -2.38. The van der Waals surface area contributed by atoms with Crippen LogP contribution in [0.1, 0.15) is 12.8 Å². The summed E-state index contributed by atoms with van der Waals surface area (Å²) in [5, 5.41) is 0. The number of hydrogen-bond acceptors (Lipinski definition) is 6. The number of benzene rings is 1. The monoisotopic (exact) mass is 293 g/mol. The largest absolute Gasteiger partial charge is 0.439 e. The fraction of sp³-hybridized carbons (Fsp3) is 0.533. The third kappa shape index (κ3) is 4.17. The van der Waals surface area contributed by atoms with E-state index in [2.05, 4.69) is 16.8 Å². The van der Waals surface area contributed by atoms with E-state index in [1.165, 1.54) is 0 Å². The molecule has 6 heteroatoms. The maximum Gasteiger partial charge on any atom is 0.209 e. The average molecular weight is 293 g/mol. The van der Waals surface area contributed by atoms with Gasteiger partial charge in [0.2, 0.25) is 5.89 Å². The van der Waals surface area contributed by atoms with Crippen molar-refractivity contribution in [3.05, 3.63) is 24.1 Å². The zero-order valence-corrected chi connectivity index (χ0v) is 12.8. The molecule has 0 aliphatic rings. The van der Waals surface area contributed by atoms with Crippen molar-refractivity contribution < 1.29 is 13.9 Å². The molecule has 0 aliphatic heterocycles. The number of nitrogens with two attached hydrogens (primary N) is 1. The number of ether oxygens (including phenoxy) is 2. The molecule has 1 heterocycles. The molecule has 0 fully saturated rings. The lowest BCUT2D eigenvalue weighted by atomic mass is 10.3. The van der Waals surface area contributed by atoms with Gasteiger partial charge in [-0.25, -0.2) is 4.98 Å². The fourth-order valence-corrected chi connectivity index (χ4v) is 2.24. The zero-order chi connectivity index (χ0) is 15.2. The van der Waals surface area contributed by atoms with Crippen molar-refractivity contribution >= 4 is 16.8 Å². The smallest absolute Gasteiger partial charge is 0.209 e. The molecule has 0 saturated carbocycles. The first-order valence-electron chi connectivity index (χ1n) is 7.01. The molecular weight excluding hydrogens is 270 g/mol. The Labute approximate surface area is 124 Å². The standard InChI is InChI=1S/C15H23N3O3/c1-11(10-20-3)18(6-7-19-2)9-15-17-13-8-12(16)4-5-14(13)21-15/h4-5,8,11H,6-7,9-10,16H2,1-3H3. The predicted molar refractivity (Wildman–Crippen MR) is 82.0 cm³/mol. The van der Waals surface area contributed by atoms with Crippen molar-refractivity contribution in [3.8, 4) is 0 Å². The summed E-state index contributed by atoms with van der Waals surface area (Å²) in [5.74, 6) is 0.676. The molecule has 0 bridgehead atoms. The van der Waals surface area contributed by atoms with Crippen LogP contribution in [0.2, 0.25) is 0 Å². The summed E-state index contributed by atoms with van der Waals surface area (Å²) in [7, 11) is 3.40. The highest BCUT2D eigenvalue weighted by Crippen LogP contribution is 2.19. The third-order valence-electron chi connectivity index (χ3n) is 3.41. The SMILES string of the molecule is COCCN(Cc1nc2cc(N)ccc2o1)C(C)COC. The maximum absolute atomic E-state index is 5.77. The van der Waals surface area contributed by atoms with Gasteiger partial charge in [0.25, 0.3) is 0 Å². The highest BCUT2D eigenvalue weighted by molar-refractivity contribution is 5.76. The molecule has 21 heavy (non-hydrogen) atoms. The van der Waals surface area contributed by atoms with E-state index in [4.69, 9.17) is 19.6 Å². The molecule has 1 aromatic carbocycles. The number of hydrogen-bond donors (Lipinski definition) is 1. The van der Waals surface area contributed by atoms with Gasteiger partial charge in [0.05, 0.1) is 19.8 Å². The van der Waals surface area contributed by atoms with Gasteiger partial charge in [-0.15, -0.1) is 0 Å². The van der Waals surface area contributed by atoms with Crippen molar-refractivity contribution in [1.82, 2.24) is 9.88 Å². The molecule has 0 radical (unpaired) electrons. The van der Waals surface area contributed by atoms with Gasteiger partial charge in [0, 0.05) is 32.5 Å². The zero-order valence-electron chi connectivity index (χ0n) is 12.8. The normalized spacial score (nSPS) is 13.1. The second kappa shape index (κ2) is 7.40. The highest BCUT2D eigenvalue weighted by atomic mass is 16.5. The van der Waals surface area contributed by atoms with Crippen molar-refractivity contribution in [1.29, 1.82) is 0 Å². The topological polar surface area (TPSA) is 73.8 Å². The minimum atomic E-state index is 0.255. The van der Waals surface area contributed by atoms with Gasteiger partial charge in [-0.3, -0.25) is 4.90 Å². The first-order chi connectivity index (χ1) is 10.1. The Bertz CT molecular complexity index is 570. The summed E-state index contributed by atoms with van der Waals surface area (Å²) in [6, 6.07) is 5.73. The second-order valence-electron chi connectivity index (χ2n) is 5.10. The number of oxazole rings is 1. The van der Waals surface area contributed by atoms with Crippen LogP contribution in [0, 0.1) is 0 Å².